The number of rotatable bonds is 20. The fourth-order valence-corrected chi connectivity index (χ4v) is 4.69. The van der Waals surface area contributed by atoms with Gasteiger partial charge in [-0.25, -0.2) is 9.13 Å². The van der Waals surface area contributed by atoms with E-state index in [-0.39, 0.29) is 41.0 Å². The Labute approximate surface area is 245 Å². The third kappa shape index (κ3) is 17.6. The molecule has 0 N–H and O–H groups in total. The van der Waals surface area contributed by atoms with Gasteiger partial charge in [-0.1, -0.05) is 110 Å². The van der Waals surface area contributed by atoms with E-state index in [1.54, 1.807) is 0 Å². The lowest BCUT2D eigenvalue weighted by Gasteiger charge is -2.04. The van der Waals surface area contributed by atoms with Crippen LogP contribution in [0.5, 0.6) is 0 Å². The molecule has 0 aliphatic heterocycles. The molecular weight excluding hydrogens is 607 g/mol. The van der Waals surface area contributed by atoms with E-state index in [0.717, 1.165) is 6.54 Å². The molecule has 0 aliphatic rings. The predicted molar refractivity (Wildman–Crippen MR) is 142 cm³/mol. The molecule has 0 atom stereocenters. The third-order valence-electron chi connectivity index (χ3n) is 6.97. The summed E-state index contributed by atoms with van der Waals surface area (Å²) in [5.74, 6) is 0. The Bertz CT molecular complexity index is 703. The molecule has 0 unspecified atom stereocenters. The molecule has 0 spiro atoms. The first-order valence-electron chi connectivity index (χ1n) is 14.2. The van der Waals surface area contributed by atoms with Gasteiger partial charge in [0.25, 0.3) is 0 Å². The molecule has 0 aromatic carbocycles. The Morgan fingerprint density at radius 3 is 1.17 bits per heavy atom. The summed E-state index contributed by atoms with van der Waals surface area (Å²) in [6.07, 6.45) is 34.5. The van der Waals surface area contributed by atoms with E-state index in [1.165, 1.54) is 127 Å². The molecule has 4 heteroatoms. The quantitative estimate of drug-likeness (QED) is 0.117. The van der Waals surface area contributed by atoms with Gasteiger partial charge >= 0.3 is 0 Å². The lowest BCUT2D eigenvalue weighted by Crippen LogP contribution is -3.00. The van der Waals surface area contributed by atoms with Crippen molar-refractivity contribution in [2.24, 2.45) is 7.05 Å². The first kappa shape index (κ1) is 34.5. The molecule has 35 heavy (non-hydrogen) atoms. The van der Waals surface area contributed by atoms with E-state index in [4.69, 9.17) is 0 Å². The van der Waals surface area contributed by atoms with Gasteiger partial charge in [0.05, 0.1) is 0 Å². The number of aromatic nitrogens is 2. The van der Waals surface area contributed by atoms with Crippen LogP contribution in [-0.4, -0.2) is 0 Å². The maximum absolute atomic E-state index is 2.33. The minimum Gasteiger partial charge on any atom is -1.00 e. The van der Waals surface area contributed by atoms with Crippen LogP contribution in [0.15, 0.2) is 49.1 Å². The fraction of sp³-hybridized carbons (Fsp3) is 0.677. The first-order valence-corrected chi connectivity index (χ1v) is 14.2. The van der Waals surface area contributed by atoms with Crippen LogP contribution in [-0.2, 0) is 13.6 Å². The summed E-state index contributed by atoms with van der Waals surface area (Å²) in [7, 11) is 2.06. The number of aryl methyl sites for hydroxylation is 2. The van der Waals surface area contributed by atoms with E-state index in [1.807, 2.05) is 0 Å². The molecule has 0 saturated heterocycles. The average molecular weight is 660 g/mol. The molecule has 2 aromatic rings. The molecule has 0 amide bonds. The highest BCUT2D eigenvalue weighted by atomic mass is 127. The maximum Gasteiger partial charge on any atom is 0.169 e. The summed E-state index contributed by atoms with van der Waals surface area (Å²) in [4.78, 5) is 0. The van der Waals surface area contributed by atoms with Crippen LogP contribution < -0.4 is 50.1 Å². The molecule has 0 radical (unpaired) electrons. The predicted octanol–water partition coefficient (Wildman–Crippen LogP) is 2.52. The number of nitrogens with zero attached hydrogens (tertiary/aromatic N) is 2. The Kier molecular flexibility index (Phi) is 23.5. The van der Waals surface area contributed by atoms with Gasteiger partial charge in [0.15, 0.2) is 24.8 Å². The Morgan fingerprint density at radius 2 is 0.800 bits per heavy atom. The number of pyridine rings is 2. The van der Waals surface area contributed by atoms with Crippen LogP contribution in [0.3, 0.4) is 0 Å². The molecule has 0 saturated carbocycles. The second kappa shape index (κ2) is 23.9. The monoisotopic (exact) mass is 658 g/mol. The highest BCUT2D eigenvalue weighted by Gasteiger charge is 2.04. The van der Waals surface area contributed by atoms with Crippen LogP contribution in [0.4, 0.5) is 0 Å². The van der Waals surface area contributed by atoms with Gasteiger partial charge in [-0.15, -0.1) is 0 Å². The summed E-state index contributed by atoms with van der Waals surface area (Å²) in [5.41, 5.74) is 2.58. The van der Waals surface area contributed by atoms with E-state index >= 15 is 0 Å². The summed E-state index contributed by atoms with van der Waals surface area (Å²) >= 11 is 0. The molecular formula is C31H52BrIN2. The van der Waals surface area contributed by atoms with Gasteiger partial charge in [-0.05, 0) is 17.5 Å². The summed E-state index contributed by atoms with van der Waals surface area (Å²) in [5, 5.41) is 0. The number of unbranched alkanes of at least 4 members (excludes halogenated alkanes) is 17. The SMILES string of the molecule is CCCCCCCCCCCCCCCCCCCC[n+]1ccc(-c2cc[n+](C)cc2)cc1.[Br-].[I-]. The minimum absolute atomic E-state index is 0. The third-order valence-corrected chi connectivity index (χ3v) is 6.97. The molecule has 2 heterocycles. The van der Waals surface area contributed by atoms with Gasteiger partial charge in [0, 0.05) is 30.7 Å². The van der Waals surface area contributed by atoms with Gasteiger partial charge in [0.1, 0.15) is 13.6 Å². The number of hydrogen-bond acceptors (Lipinski definition) is 0. The smallest absolute Gasteiger partial charge is 0.169 e. The van der Waals surface area contributed by atoms with Crippen molar-refractivity contribution in [1.82, 2.24) is 0 Å². The zero-order valence-electron chi connectivity index (χ0n) is 22.7. The number of halogens is 2. The summed E-state index contributed by atoms with van der Waals surface area (Å²) in [6.45, 7) is 3.44. The van der Waals surface area contributed by atoms with Crippen LogP contribution in [0.25, 0.3) is 11.1 Å². The molecule has 0 bridgehead atoms. The molecule has 200 valence electrons. The Hall–Kier alpha value is -0.490. The van der Waals surface area contributed by atoms with E-state index in [9.17, 15) is 0 Å². The second-order valence-electron chi connectivity index (χ2n) is 10.1. The fourth-order valence-electron chi connectivity index (χ4n) is 4.69. The van der Waals surface area contributed by atoms with Crippen LogP contribution >= 0.6 is 0 Å². The van der Waals surface area contributed by atoms with Crippen molar-refractivity contribution in [3.05, 3.63) is 49.1 Å². The zero-order valence-corrected chi connectivity index (χ0v) is 26.4. The van der Waals surface area contributed by atoms with Crippen molar-refractivity contribution >= 4 is 0 Å². The molecule has 2 nitrogen and oxygen atoms in total. The normalized spacial score (nSPS) is 10.6. The molecule has 2 rings (SSSR count). The molecule has 0 aliphatic carbocycles. The van der Waals surface area contributed by atoms with Crippen molar-refractivity contribution in [3.8, 4) is 11.1 Å². The van der Waals surface area contributed by atoms with Crippen molar-refractivity contribution in [1.29, 1.82) is 0 Å². The minimum atomic E-state index is 0. The summed E-state index contributed by atoms with van der Waals surface area (Å²) in [6, 6.07) is 8.84. The van der Waals surface area contributed by atoms with Crippen molar-refractivity contribution in [2.75, 3.05) is 0 Å². The highest BCUT2D eigenvalue weighted by Crippen LogP contribution is 2.16. The van der Waals surface area contributed by atoms with Crippen LogP contribution in [0.1, 0.15) is 122 Å². The topological polar surface area (TPSA) is 7.76 Å². The highest BCUT2D eigenvalue weighted by molar-refractivity contribution is 5.60. The largest absolute Gasteiger partial charge is 1.00 e. The van der Waals surface area contributed by atoms with Crippen molar-refractivity contribution in [2.45, 2.75) is 129 Å². The zero-order chi connectivity index (χ0) is 23.4. The standard InChI is InChI=1S/C31H52N2.BrH.HI/c1-3-4-5-6-7-8-9-10-11-12-13-14-15-16-17-18-19-20-25-33-28-23-31(24-29-33)30-21-26-32(2)27-22-30;;/h21-24,26-29H,3-20,25H2,1-2H3;2*1H/q+2;;/p-2. The van der Waals surface area contributed by atoms with Gasteiger partial charge < -0.3 is 41.0 Å². The second-order valence-corrected chi connectivity index (χ2v) is 10.1. The van der Waals surface area contributed by atoms with E-state index in [2.05, 4.69) is 72.2 Å². The van der Waals surface area contributed by atoms with Crippen LogP contribution in [0, 0.1) is 0 Å². The number of hydrogen-bond donors (Lipinski definition) is 0. The summed E-state index contributed by atoms with van der Waals surface area (Å²) < 4.78 is 4.41. The van der Waals surface area contributed by atoms with Crippen LogP contribution in [0.2, 0.25) is 0 Å². The van der Waals surface area contributed by atoms with Gasteiger partial charge in [-0.2, -0.15) is 0 Å². The maximum atomic E-state index is 2.33. The Morgan fingerprint density at radius 1 is 0.486 bits per heavy atom. The first-order chi connectivity index (χ1) is 16.3. The molecule has 2 aromatic heterocycles. The lowest BCUT2D eigenvalue weighted by atomic mass is 10.0. The Balaban J connectivity index is 0.00000578. The van der Waals surface area contributed by atoms with Gasteiger partial charge in [0.2, 0.25) is 0 Å². The van der Waals surface area contributed by atoms with Crippen molar-refractivity contribution in [3.63, 3.8) is 0 Å². The lowest BCUT2D eigenvalue weighted by molar-refractivity contribution is -0.697. The van der Waals surface area contributed by atoms with E-state index in [0.29, 0.717) is 0 Å². The molecule has 0 fully saturated rings. The van der Waals surface area contributed by atoms with Gasteiger partial charge in [-0.3, -0.25) is 0 Å². The van der Waals surface area contributed by atoms with Crippen molar-refractivity contribution < 1.29 is 50.1 Å². The van der Waals surface area contributed by atoms with E-state index < -0.39 is 0 Å². The average Bonchev–Trinajstić information content (AvgIpc) is 2.84.